The Morgan fingerprint density at radius 2 is 1.90 bits per heavy atom. The van der Waals surface area contributed by atoms with Crippen LogP contribution in [0.1, 0.15) is 29.6 Å². The van der Waals surface area contributed by atoms with Gasteiger partial charge in [-0.05, 0) is 31.9 Å². The topological polar surface area (TPSA) is 79.5 Å². The van der Waals surface area contributed by atoms with Gasteiger partial charge in [-0.2, -0.15) is 0 Å². The molecule has 5 nitrogen and oxygen atoms in total. The van der Waals surface area contributed by atoms with Gasteiger partial charge >= 0.3 is 0 Å². The maximum absolute atomic E-state index is 12.1. The highest BCUT2D eigenvalue weighted by Crippen LogP contribution is 2.20. The first-order valence-corrected chi connectivity index (χ1v) is 8.18. The second-order valence-corrected chi connectivity index (χ2v) is 6.63. The van der Waals surface area contributed by atoms with E-state index in [9.17, 15) is 13.5 Å². The van der Waals surface area contributed by atoms with Gasteiger partial charge in [0, 0.05) is 6.54 Å². The van der Waals surface area contributed by atoms with Crippen LogP contribution < -0.4 is 4.72 Å². The van der Waals surface area contributed by atoms with Crippen LogP contribution in [0, 0.1) is 13.8 Å². The van der Waals surface area contributed by atoms with E-state index in [1.807, 2.05) is 30.3 Å². The molecule has 0 fully saturated rings. The van der Waals surface area contributed by atoms with Crippen LogP contribution in [0.3, 0.4) is 0 Å². The molecule has 2 rings (SSSR count). The predicted molar refractivity (Wildman–Crippen MR) is 79.4 cm³/mol. The molecule has 21 heavy (non-hydrogen) atoms. The number of aliphatic hydroxyl groups is 1. The lowest BCUT2D eigenvalue weighted by molar-refractivity contribution is 0.169. The van der Waals surface area contributed by atoms with Crippen molar-refractivity contribution in [3.63, 3.8) is 0 Å². The van der Waals surface area contributed by atoms with Crippen molar-refractivity contribution in [2.45, 2.75) is 31.3 Å². The molecule has 1 aromatic heterocycles. The number of nitrogens with one attached hydrogen (secondary N) is 1. The van der Waals surface area contributed by atoms with Gasteiger partial charge in [-0.1, -0.05) is 30.3 Å². The van der Waals surface area contributed by atoms with E-state index in [1.54, 1.807) is 13.8 Å². The first-order chi connectivity index (χ1) is 9.90. The average Bonchev–Trinajstić information content (AvgIpc) is 2.79. The molecule has 0 spiro atoms. The van der Waals surface area contributed by atoms with Gasteiger partial charge < -0.3 is 9.52 Å². The number of aryl methyl sites for hydroxylation is 2. The molecule has 0 aliphatic rings. The minimum Gasteiger partial charge on any atom is -0.465 e. The fourth-order valence-electron chi connectivity index (χ4n) is 2.12. The summed E-state index contributed by atoms with van der Waals surface area (Å²) in [4.78, 5) is 0.147. The zero-order chi connectivity index (χ0) is 15.5. The molecule has 1 atom stereocenters. The molecule has 1 aromatic carbocycles. The van der Waals surface area contributed by atoms with Gasteiger partial charge in [0.05, 0.1) is 6.10 Å². The molecule has 1 heterocycles. The number of benzene rings is 1. The van der Waals surface area contributed by atoms with Crippen LogP contribution in [0.15, 0.2) is 45.7 Å². The van der Waals surface area contributed by atoms with Gasteiger partial charge in [0.25, 0.3) is 0 Å². The van der Waals surface area contributed by atoms with Gasteiger partial charge in [0.1, 0.15) is 16.4 Å². The molecule has 0 aliphatic heterocycles. The summed E-state index contributed by atoms with van der Waals surface area (Å²) in [7, 11) is -3.60. The molecule has 0 amide bonds. The van der Waals surface area contributed by atoms with Crippen molar-refractivity contribution in [3.8, 4) is 0 Å². The molecule has 0 saturated heterocycles. The molecule has 2 aromatic rings. The number of hydrogen-bond donors (Lipinski definition) is 2. The van der Waals surface area contributed by atoms with Crippen molar-refractivity contribution in [1.29, 1.82) is 0 Å². The zero-order valence-corrected chi connectivity index (χ0v) is 12.9. The first kappa shape index (κ1) is 15.8. The number of aliphatic hydroxyl groups excluding tert-OH is 1. The van der Waals surface area contributed by atoms with Crippen molar-refractivity contribution in [2.75, 3.05) is 6.54 Å². The molecule has 0 aliphatic carbocycles. The highest BCUT2D eigenvalue weighted by molar-refractivity contribution is 7.89. The normalized spacial score (nSPS) is 13.3. The highest BCUT2D eigenvalue weighted by atomic mass is 32.2. The highest BCUT2D eigenvalue weighted by Gasteiger charge is 2.20. The van der Waals surface area contributed by atoms with E-state index < -0.39 is 16.1 Å². The van der Waals surface area contributed by atoms with Crippen LogP contribution >= 0.6 is 0 Å². The Labute approximate surface area is 124 Å². The molecule has 0 unspecified atom stereocenters. The summed E-state index contributed by atoms with van der Waals surface area (Å²) in [6.45, 7) is 3.47. The lowest BCUT2D eigenvalue weighted by atomic mass is 10.1. The summed E-state index contributed by atoms with van der Waals surface area (Å²) in [5.41, 5.74) is 0.770. The Hall–Kier alpha value is -1.63. The summed E-state index contributed by atoms with van der Waals surface area (Å²) in [6.07, 6.45) is -0.389. The maximum atomic E-state index is 12.1. The van der Waals surface area contributed by atoms with E-state index in [1.165, 1.54) is 6.07 Å². The Kier molecular flexibility index (Phi) is 4.82. The van der Waals surface area contributed by atoms with Crippen molar-refractivity contribution in [2.24, 2.45) is 0 Å². The predicted octanol–water partition coefficient (Wildman–Crippen LogP) is 2.30. The third-order valence-electron chi connectivity index (χ3n) is 3.18. The minimum atomic E-state index is -3.60. The van der Waals surface area contributed by atoms with E-state index in [0.29, 0.717) is 17.9 Å². The molecule has 0 saturated carbocycles. The smallest absolute Gasteiger partial charge is 0.244 e. The van der Waals surface area contributed by atoms with Crippen molar-refractivity contribution in [3.05, 3.63) is 53.5 Å². The van der Waals surface area contributed by atoms with Crippen LogP contribution in [0.2, 0.25) is 0 Å². The largest absolute Gasteiger partial charge is 0.465 e. The number of hydrogen-bond acceptors (Lipinski definition) is 4. The summed E-state index contributed by atoms with van der Waals surface area (Å²) in [5.74, 6) is 0.917. The van der Waals surface area contributed by atoms with Crippen molar-refractivity contribution < 1.29 is 17.9 Å². The lowest BCUT2D eigenvalue weighted by Gasteiger charge is -2.11. The standard InChI is InChI=1S/C15H19NO4S/c1-11-10-15(12(2)20-11)21(18,19)16-9-8-14(17)13-6-4-3-5-7-13/h3-7,10,14,16-17H,8-9H2,1-2H3/t14-/m1/s1. The van der Waals surface area contributed by atoms with E-state index in [2.05, 4.69) is 4.72 Å². The molecular weight excluding hydrogens is 290 g/mol. The van der Waals surface area contributed by atoms with Crippen molar-refractivity contribution >= 4 is 10.0 Å². The second-order valence-electron chi connectivity index (χ2n) is 4.89. The molecule has 2 N–H and O–H groups in total. The van der Waals surface area contributed by atoms with Crippen LogP contribution in [0.25, 0.3) is 0 Å². The van der Waals surface area contributed by atoms with Gasteiger partial charge in [-0.15, -0.1) is 0 Å². The Bertz CT molecular complexity index is 692. The van der Waals surface area contributed by atoms with E-state index >= 15 is 0 Å². The average molecular weight is 309 g/mol. The van der Waals surface area contributed by atoms with Gasteiger partial charge in [-0.3, -0.25) is 0 Å². The van der Waals surface area contributed by atoms with Crippen LogP contribution in [-0.4, -0.2) is 20.1 Å². The zero-order valence-electron chi connectivity index (χ0n) is 12.0. The summed E-state index contributed by atoms with van der Waals surface area (Å²) in [6, 6.07) is 10.6. The second kappa shape index (κ2) is 6.43. The summed E-state index contributed by atoms with van der Waals surface area (Å²) >= 11 is 0. The summed E-state index contributed by atoms with van der Waals surface area (Å²) in [5, 5.41) is 9.99. The number of furan rings is 1. The quantitative estimate of drug-likeness (QED) is 0.858. The van der Waals surface area contributed by atoms with Gasteiger partial charge in [0.2, 0.25) is 10.0 Å². The Morgan fingerprint density at radius 1 is 1.24 bits per heavy atom. The van der Waals surface area contributed by atoms with E-state index in [-0.39, 0.29) is 11.4 Å². The lowest BCUT2D eigenvalue weighted by Crippen LogP contribution is -2.26. The van der Waals surface area contributed by atoms with Crippen molar-refractivity contribution in [1.82, 2.24) is 4.72 Å². The minimum absolute atomic E-state index is 0.147. The summed E-state index contributed by atoms with van der Waals surface area (Å²) < 4.78 is 32.0. The molecule has 0 bridgehead atoms. The fourth-order valence-corrected chi connectivity index (χ4v) is 3.41. The third kappa shape index (κ3) is 3.93. The Morgan fingerprint density at radius 3 is 2.48 bits per heavy atom. The first-order valence-electron chi connectivity index (χ1n) is 6.70. The third-order valence-corrected chi connectivity index (χ3v) is 4.75. The molecule has 6 heteroatoms. The molecule has 0 radical (unpaired) electrons. The molecular formula is C15H19NO4S. The van der Waals surface area contributed by atoms with Gasteiger partial charge in [0.15, 0.2) is 0 Å². The molecule has 114 valence electrons. The fraction of sp³-hybridized carbons (Fsp3) is 0.333. The number of rotatable bonds is 6. The SMILES string of the molecule is Cc1cc(S(=O)(=O)NCC[C@@H](O)c2ccccc2)c(C)o1. The maximum Gasteiger partial charge on any atom is 0.244 e. The monoisotopic (exact) mass is 309 g/mol. The van der Waals surface area contributed by atoms with Gasteiger partial charge in [-0.25, -0.2) is 13.1 Å². The van der Waals surface area contributed by atoms with Crippen LogP contribution in [0.5, 0.6) is 0 Å². The Balaban J connectivity index is 1.95. The van der Waals surface area contributed by atoms with E-state index in [0.717, 1.165) is 5.56 Å². The van der Waals surface area contributed by atoms with Crippen LogP contribution in [-0.2, 0) is 10.0 Å². The van der Waals surface area contributed by atoms with Crippen LogP contribution in [0.4, 0.5) is 0 Å². The number of sulfonamides is 1. The van der Waals surface area contributed by atoms with E-state index in [4.69, 9.17) is 4.42 Å².